The van der Waals surface area contributed by atoms with Gasteiger partial charge in [0.05, 0.1) is 19.3 Å². The van der Waals surface area contributed by atoms with Crippen LogP contribution in [0.4, 0.5) is 0 Å². The minimum atomic E-state index is 0.0208. The molecule has 0 aromatic carbocycles. The highest BCUT2D eigenvalue weighted by Crippen LogP contribution is 2.13. The molecule has 6 nitrogen and oxygen atoms in total. The SMILES string of the molecule is CCn1ccnc1C(CCOCCOC)NN. The molecule has 0 bridgehead atoms. The van der Waals surface area contributed by atoms with E-state index in [1.807, 2.05) is 6.20 Å². The standard InChI is InChI=1S/C11H22N4O2/c1-3-15-6-5-13-11(15)10(14-12)4-7-17-9-8-16-2/h5-6,10,14H,3-4,7-9,12H2,1-2H3. The van der Waals surface area contributed by atoms with Gasteiger partial charge in [0.2, 0.25) is 0 Å². The lowest BCUT2D eigenvalue weighted by Gasteiger charge is -2.16. The number of hydrogen-bond donors (Lipinski definition) is 2. The zero-order chi connectivity index (χ0) is 12.5. The predicted octanol–water partition coefficient (Wildman–Crippen LogP) is 0.461. The fourth-order valence-electron chi connectivity index (χ4n) is 1.63. The molecule has 1 atom stereocenters. The first-order valence-electron chi connectivity index (χ1n) is 5.87. The van der Waals surface area contributed by atoms with Crippen LogP contribution in [0.5, 0.6) is 0 Å². The molecule has 0 aliphatic carbocycles. The molecule has 0 aliphatic heterocycles. The van der Waals surface area contributed by atoms with Gasteiger partial charge in [0.25, 0.3) is 0 Å². The van der Waals surface area contributed by atoms with E-state index in [1.165, 1.54) is 0 Å². The lowest BCUT2D eigenvalue weighted by atomic mass is 10.2. The molecule has 0 fully saturated rings. The lowest BCUT2D eigenvalue weighted by molar-refractivity contribution is 0.0653. The van der Waals surface area contributed by atoms with Gasteiger partial charge in [0.1, 0.15) is 5.82 Å². The summed E-state index contributed by atoms with van der Waals surface area (Å²) in [5.41, 5.74) is 2.78. The maximum atomic E-state index is 5.54. The van der Waals surface area contributed by atoms with Gasteiger partial charge in [-0.3, -0.25) is 5.84 Å². The smallest absolute Gasteiger partial charge is 0.127 e. The molecule has 1 rings (SSSR count). The van der Waals surface area contributed by atoms with E-state index in [2.05, 4.69) is 21.9 Å². The van der Waals surface area contributed by atoms with E-state index in [0.717, 1.165) is 18.8 Å². The molecule has 98 valence electrons. The van der Waals surface area contributed by atoms with Crippen LogP contribution in [0.3, 0.4) is 0 Å². The van der Waals surface area contributed by atoms with Crippen LogP contribution in [-0.4, -0.2) is 36.5 Å². The summed E-state index contributed by atoms with van der Waals surface area (Å²) in [6, 6.07) is 0.0208. The molecule has 0 spiro atoms. The van der Waals surface area contributed by atoms with E-state index in [4.69, 9.17) is 15.3 Å². The van der Waals surface area contributed by atoms with Crippen molar-refractivity contribution in [3.05, 3.63) is 18.2 Å². The van der Waals surface area contributed by atoms with Crippen LogP contribution in [0.25, 0.3) is 0 Å². The summed E-state index contributed by atoms with van der Waals surface area (Å²) in [5, 5.41) is 0. The number of aromatic nitrogens is 2. The summed E-state index contributed by atoms with van der Waals surface area (Å²) < 4.78 is 12.4. The van der Waals surface area contributed by atoms with Crippen LogP contribution in [0.1, 0.15) is 25.2 Å². The van der Waals surface area contributed by atoms with Crippen LogP contribution < -0.4 is 11.3 Å². The number of ether oxygens (including phenoxy) is 2. The fourth-order valence-corrected chi connectivity index (χ4v) is 1.63. The molecule has 1 aromatic rings. The molecule has 1 heterocycles. The Labute approximate surface area is 102 Å². The Morgan fingerprint density at radius 3 is 2.94 bits per heavy atom. The van der Waals surface area contributed by atoms with Crippen molar-refractivity contribution in [2.24, 2.45) is 5.84 Å². The van der Waals surface area contributed by atoms with E-state index in [-0.39, 0.29) is 6.04 Å². The quantitative estimate of drug-likeness (QED) is 0.374. The Morgan fingerprint density at radius 2 is 2.29 bits per heavy atom. The molecule has 0 aliphatic rings. The number of aryl methyl sites for hydroxylation is 1. The van der Waals surface area contributed by atoms with Crippen molar-refractivity contribution in [3.8, 4) is 0 Å². The minimum Gasteiger partial charge on any atom is -0.382 e. The maximum absolute atomic E-state index is 5.54. The van der Waals surface area contributed by atoms with Crippen LogP contribution in [-0.2, 0) is 16.0 Å². The van der Waals surface area contributed by atoms with Crippen molar-refractivity contribution in [1.29, 1.82) is 0 Å². The number of hydrazine groups is 1. The van der Waals surface area contributed by atoms with Gasteiger partial charge in [-0.05, 0) is 13.3 Å². The molecule has 3 N–H and O–H groups in total. The fraction of sp³-hybridized carbons (Fsp3) is 0.727. The van der Waals surface area contributed by atoms with Gasteiger partial charge >= 0.3 is 0 Å². The third-order valence-electron chi connectivity index (χ3n) is 2.58. The molecule has 0 radical (unpaired) electrons. The third-order valence-corrected chi connectivity index (χ3v) is 2.58. The van der Waals surface area contributed by atoms with Crippen molar-refractivity contribution >= 4 is 0 Å². The average Bonchev–Trinajstić information content (AvgIpc) is 2.82. The number of hydrogen-bond acceptors (Lipinski definition) is 5. The largest absolute Gasteiger partial charge is 0.382 e. The van der Waals surface area contributed by atoms with Crippen molar-refractivity contribution in [2.75, 3.05) is 26.9 Å². The van der Waals surface area contributed by atoms with E-state index in [1.54, 1.807) is 13.3 Å². The molecule has 0 amide bonds. The van der Waals surface area contributed by atoms with Crippen molar-refractivity contribution < 1.29 is 9.47 Å². The maximum Gasteiger partial charge on any atom is 0.127 e. The zero-order valence-electron chi connectivity index (χ0n) is 10.6. The van der Waals surface area contributed by atoms with Crippen LogP contribution in [0.15, 0.2) is 12.4 Å². The second-order valence-corrected chi connectivity index (χ2v) is 3.68. The van der Waals surface area contributed by atoms with E-state index in [0.29, 0.717) is 19.8 Å². The number of nitrogens with one attached hydrogen (secondary N) is 1. The Kier molecular flexibility index (Phi) is 6.80. The Balaban J connectivity index is 2.38. The average molecular weight is 242 g/mol. The zero-order valence-corrected chi connectivity index (χ0v) is 10.6. The summed E-state index contributed by atoms with van der Waals surface area (Å²) >= 11 is 0. The van der Waals surface area contributed by atoms with E-state index >= 15 is 0 Å². The third kappa shape index (κ3) is 4.43. The van der Waals surface area contributed by atoms with E-state index < -0.39 is 0 Å². The molecule has 1 aromatic heterocycles. The molecular formula is C11H22N4O2. The van der Waals surface area contributed by atoms with E-state index in [9.17, 15) is 0 Å². The first-order valence-corrected chi connectivity index (χ1v) is 5.87. The van der Waals surface area contributed by atoms with Crippen molar-refractivity contribution in [1.82, 2.24) is 15.0 Å². The molecule has 1 unspecified atom stereocenters. The predicted molar refractivity (Wildman–Crippen MR) is 65.3 cm³/mol. The summed E-state index contributed by atoms with van der Waals surface area (Å²) in [6.45, 7) is 4.82. The summed E-state index contributed by atoms with van der Waals surface area (Å²) in [4.78, 5) is 4.31. The van der Waals surface area contributed by atoms with Gasteiger partial charge in [-0.2, -0.15) is 0 Å². The van der Waals surface area contributed by atoms with Crippen molar-refractivity contribution in [2.45, 2.75) is 25.9 Å². The molecule has 17 heavy (non-hydrogen) atoms. The number of methoxy groups -OCH3 is 1. The Bertz CT molecular complexity index is 303. The molecule has 6 heteroatoms. The number of nitrogens with zero attached hydrogens (tertiary/aromatic N) is 2. The highest BCUT2D eigenvalue weighted by molar-refractivity contribution is 4.98. The normalized spacial score (nSPS) is 12.9. The van der Waals surface area contributed by atoms with Gasteiger partial charge in [-0.1, -0.05) is 0 Å². The summed E-state index contributed by atoms with van der Waals surface area (Å²) in [6.07, 6.45) is 4.53. The van der Waals surface area contributed by atoms with Gasteiger partial charge in [0.15, 0.2) is 0 Å². The van der Waals surface area contributed by atoms with Gasteiger partial charge < -0.3 is 14.0 Å². The highest BCUT2D eigenvalue weighted by Gasteiger charge is 2.14. The van der Waals surface area contributed by atoms with Gasteiger partial charge in [-0.15, -0.1) is 0 Å². The monoisotopic (exact) mass is 242 g/mol. The summed E-state index contributed by atoms with van der Waals surface area (Å²) in [7, 11) is 1.66. The first-order chi connectivity index (χ1) is 8.33. The number of imidazole rings is 1. The lowest BCUT2D eigenvalue weighted by Crippen LogP contribution is -2.31. The second kappa shape index (κ2) is 8.19. The molecular weight excluding hydrogens is 220 g/mol. The van der Waals surface area contributed by atoms with Gasteiger partial charge in [-0.25, -0.2) is 10.4 Å². The molecule has 0 saturated heterocycles. The number of nitrogens with two attached hydrogens (primary N) is 1. The summed E-state index contributed by atoms with van der Waals surface area (Å²) in [5.74, 6) is 6.49. The second-order valence-electron chi connectivity index (χ2n) is 3.68. The molecule has 0 saturated carbocycles. The van der Waals surface area contributed by atoms with Crippen LogP contribution >= 0.6 is 0 Å². The number of rotatable bonds is 9. The topological polar surface area (TPSA) is 74.3 Å². The first kappa shape index (κ1) is 14.1. The highest BCUT2D eigenvalue weighted by atomic mass is 16.5. The van der Waals surface area contributed by atoms with Crippen LogP contribution in [0.2, 0.25) is 0 Å². The Hall–Kier alpha value is -0.950. The van der Waals surface area contributed by atoms with Crippen LogP contribution in [0, 0.1) is 0 Å². The minimum absolute atomic E-state index is 0.0208. The van der Waals surface area contributed by atoms with Gasteiger partial charge in [0, 0.05) is 32.7 Å². The van der Waals surface area contributed by atoms with Crippen molar-refractivity contribution in [3.63, 3.8) is 0 Å². The Morgan fingerprint density at radius 1 is 1.47 bits per heavy atom.